The second kappa shape index (κ2) is 7.88. The number of nitrogens with zero attached hydrogens (tertiary/aromatic N) is 2. The van der Waals surface area contributed by atoms with Gasteiger partial charge in [0.05, 0.1) is 5.69 Å². The third-order valence-electron chi connectivity index (χ3n) is 4.91. The molecule has 3 aromatic rings. The highest BCUT2D eigenvalue weighted by Crippen LogP contribution is 2.32. The molecule has 1 aliphatic carbocycles. The lowest BCUT2D eigenvalue weighted by Gasteiger charge is -2.23. The Morgan fingerprint density at radius 2 is 1.65 bits per heavy atom. The molecule has 0 aliphatic heterocycles. The molecule has 0 bridgehead atoms. The summed E-state index contributed by atoms with van der Waals surface area (Å²) < 4.78 is 0. The molecule has 26 heavy (non-hydrogen) atoms. The standard InChI is InChI=1S/C22H22ClN3/c23-18-11-7-10-17(14-18)20-15-24-22(25-19-12-5-2-6-13-19)26-21(20)16-8-3-1-4-9-16/h1,3-4,7-11,14-15,19H,2,5-6,12-13H2,(H,24,25,26). The van der Waals surface area contributed by atoms with Crippen molar-refractivity contribution in [3.05, 3.63) is 65.8 Å². The van der Waals surface area contributed by atoms with Crippen molar-refractivity contribution in [1.82, 2.24) is 9.97 Å². The van der Waals surface area contributed by atoms with Gasteiger partial charge in [-0.05, 0) is 30.5 Å². The van der Waals surface area contributed by atoms with Crippen molar-refractivity contribution in [2.24, 2.45) is 0 Å². The van der Waals surface area contributed by atoms with Gasteiger partial charge >= 0.3 is 0 Å². The molecule has 0 saturated heterocycles. The van der Waals surface area contributed by atoms with E-state index < -0.39 is 0 Å². The number of halogens is 1. The van der Waals surface area contributed by atoms with E-state index in [0.29, 0.717) is 17.0 Å². The van der Waals surface area contributed by atoms with Crippen LogP contribution in [-0.4, -0.2) is 16.0 Å². The molecule has 3 nitrogen and oxygen atoms in total. The smallest absolute Gasteiger partial charge is 0.223 e. The zero-order chi connectivity index (χ0) is 17.8. The van der Waals surface area contributed by atoms with Crippen LogP contribution in [0.3, 0.4) is 0 Å². The Bertz CT molecular complexity index is 874. The minimum absolute atomic E-state index is 0.476. The quantitative estimate of drug-likeness (QED) is 0.598. The number of hydrogen-bond acceptors (Lipinski definition) is 3. The van der Waals surface area contributed by atoms with E-state index in [1.807, 2.05) is 48.7 Å². The molecule has 1 aliphatic rings. The summed E-state index contributed by atoms with van der Waals surface area (Å²) in [6, 6.07) is 18.6. The molecule has 0 amide bonds. The monoisotopic (exact) mass is 363 g/mol. The fourth-order valence-electron chi connectivity index (χ4n) is 3.56. The van der Waals surface area contributed by atoms with Crippen molar-refractivity contribution in [3.8, 4) is 22.4 Å². The molecular formula is C22H22ClN3. The molecule has 0 radical (unpaired) electrons. The van der Waals surface area contributed by atoms with E-state index in [0.717, 1.165) is 22.4 Å². The molecule has 1 aromatic heterocycles. The third kappa shape index (κ3) is 3.88. The van der Waals surface area contributed by atoms with E-state index in [-0.39, 0.29) is 0 Å². The predicted molar refractivity (Wildman–Crippen MR) is 108 cm³/mol. The second-order valence-corrected chi connectivity index (χ2v) is 7.25. The lowest BCUT2D eigenvalue weighted by molar-refractivity contribution is 0.461. The number of aromatic nitrogens is 2. The Labute approximate surface area is 159 Å². The highest BCUT2D eigenvalue weighted by atomic mass is 35.5. The van der Waals surface area contributed by atoms with Gasteiger partial charge in [-0.15, -0.1) is 0 Å². The Balaban J connectivity index is 1.74. The molecule has 1 saturated carbocycles. The predicted octanol–water partition coefficient (Wildman–Crippen LogP) is 6.21. The molecule has 1 N–H and O–H groups in total. The first-order valence-electron chi connectivity index (χ1n) is 9.24. The Morgan fingerprint density at radius 3 is 2.42 bits per heavy atom. The molecule has 4 rings (SSSR count). The first-order chi connectivity index (χ1) is 12.8. The topological polar surface area (TPSA) is 37.8 Å². The average Bonchev–Trinajstić information content (AvgIpc) is 2.69. The molecule has 0 unspecified atom stereocenters. The summed E-state index contributed by atoms with van der Waals surface area (Å²) in [6.07, 6.45) is 8.20. The van der Waals surface area contributed by atoms with E-state index in [9.17, 15) is 0 Å². The van der Waals surface area contributed by atoms with Gasteiger partial charge in [0.2, 0.25) is 5.95 Å². The van der Waals surface area contributed by atoms with E-state index >= 15 is 0 Å². The minimum Gasteiger partial charge on any atom is -0.351 e. The van der Waals surface area contributed by atoms with Crippen molar-refractivity contribution in [1.29, 1.82) is 0 Å². The van der Waals surface area contributed by atoms with Gasteiger partial charge < -0.3 is 5.32 Å². The van der Waals surface area contributed by atoms with Gasteiger partial charge in [0.1, 0.15) is 0 Å². The molecular weight excluding hydrogens is 342 g/mol. The van der Waals surface area contributed by atoms with Gasteiger partial charge in [0.25, 0.3) is 0 Å². The van der Waals surface area contributed by atoms with Gasteiger partial charge in [-0.1, -0.05) is 73.3 Å². The summed E-state index contributed by atoms with van der Waals surface area (Å²) in [5, 5.41) is 4.25. The van der Waals surface area contributed by atoms with Gasteiger partial charge in [0.15, 0.2) is 0 Å². The van der Waals surface area contributed by atoms with Gasteiger partial charge in [-0.2, -0.15) is 0 Å². The maximum atomic E-state index is 6.20. The minimum atomic E-state index is 0.476. The fraction of sp³-hybridized carbons (Fsp3) is 0.273. The normalized spacial score (nSPS) is 15.0. The first-order valence-corrected chi connectivity index (χ1v) is 9.62. The summed E-state index contributed by atoms with van der Waals surface area (Å²) in [5.41, 5.74) is 4.03. The first kappa shape index (κ1) is 17.0. The van der Waals surface area contributed by atoms with Gasteiger partial charge in [-0.25, -0.2) is 9.97 Å². The summed E-state index contributed by atoms with van der Waals surface area (Å²) in [7, 11) is 0. The molecule has 4 heteroatoms. The van der Waals surface area contributed by atoms with Crippen LogP contribution in [-0.2, 0) is 0 Å². The van der Waals surface area contributed by atoms with Crippen LogP contribution in [0.5, 0.6) is 0 Å². The van der Waals surface area contributed by atoms with E-state index in [1.165, 1.54) is 32.1 Å². The van der Waals surface area contributed by atoms with E-state index in [4.69, 9.17) is 16.6 Å². The summed E-state index contributed by atoms with van der Waals surface area (Å²) in [6.45, 7) is 0. The largest absolute Gasteiger partial charge is 0.351 e. The van der Waals surface area contributed by atoms with Crippen LogP contribution in [0.25, 0.3) is 22.4 Å². The number of hydrogen-bond donors (Lipinski definition) is 1. The van der Waals surface area contributed by atoms with Crippen molar-refractivity contribution < 1.29 is 0 Å². The highest BCUT2D eigenvalue weighted by molar-refractivity contribution is 6.30. The summed E-state index contributed by atoms with van der Waals surface area (Å²) in [5.74, 6) is 0.710. The van der Waals surface area contributed by atoms with Crippen LogP contribution in [0, 0.1) is 0 Å². The van der Waals surface area contributed by atoms with Crippen LogP contribution < -0.4 is 5.32 Å². The summed E-state index contributed by atoms with van der Waals surface area (Å²) in [4.78, 5) is 9.48. The lowest BCUT2D eigenvalue weighted by atomic mass is 9.96. The lowest BCUT2D eigenvalue weighted by Crippen LogP contribution is -2.23. The SMILES string of the molecule is Clc1cccc(-c2cnc(NC3CCCCC3)nc2-c2ccccc2)c1. The summed E-state index contributed by atoms with van der Waals surface area (Å²) >= 11 is 6.20. The van der Waals surface area contributed by atoms with Gasteiger partial charge in [-0.3, -0.25) is 0 Å². The van der Waals surface area contributed by atoms with Crippen LogP contribution in [0.2, 0.25) is 5.02 Å². The molecule has 0 atom stereocenters. The van der Waals surface area contributed by atoms with Crippen molar-refractivity contribution >= 4 is 17.5 Å². The maximum absolute atomic E-state index is 6.20. The van der Waals surface area contributed by atoms with E-state index in [1.54, 1.807) is 0 Å². The van der Waals surface area contributed by atoms with Crippen LogP contribution in [0.15, 0.2) is 60.8 Å². The van der Waals surface area contributed by atoms with Crippen molar-refractivity contribution in [3.63, 3.8) is 0 Å². The van der Waals surface area contributed by atoms with Crippen LogP contribution >= 0.6 is 11.6 Å². The zero-order valence-corrected chi connectivity index (χ0v) is 15.4. The molecule has 1 fully saturated rings. The molecule has 2 aromatic carbocycles. The number of nitrogens with one attached hydrogen (secondary N) is 1. The Morgan fingerprint density at radius 1 is 0.885 bits per heavy atom. The van der Waals surface area contributed by atoms with E-state index in [2.05, 4.69) is 22.4 Å². The third-order valence-corrected chi connectivity index (χ3v) is 5.15. The molecule has 0 spiro atoms. The van der Waals surface area contributed by atoms with Crippen LogP contribution in [0.4, 0.5) is 5.95 Å². The fourth-order valence-corrected chi connectivity index (χ4v) is 3.75. The average molecular weight is 364 g/mol. The Hall–Kier alpha value is -2.39. The molecule has 1 heterocycles. The van der Waals surface area contributed by atoms with Crippen LogP contribution in [0.1, 0.15) is 32.1 Å². The number of anilines is 1. The van der Waals surface area contributed by atoms with Crippen molar-refractivity contribution in [2.45, 2.75) is 38.1 Å². The maximum Gasteiger partial charge on any atom is 0.223 e. The Kier molecular flexibility index (Phi) is 5.16. The van der Waals surface area contributed by atoms with Gasteiger partial charge in [0, 0.05) is 28.4 Å². The second-order valence-electron chi connectivity index (χ2n) is 6.81. The number of rotatable bonds is 4. The van der Waals surface area contributed by atoms with Crippen molar-refractivity contribution in [2.75, 3.05) is 5.32 Å². The molecule has 132 valence electrons. The zero-order valence-electron chi connectivity index (χ0n) is 14.7. The number of benzene rings is 2. The highest BCUT2D eigenvalue weighted by Gasteiger charge is 2.16.